The summed E-state index contributed by atoms with van der Waals surface area (Å²) in [7, 11) is 0. The fourth-order valence-electron chi connectivity index (χ4n) is 3.48. The molecule has 0 bridgehead atoms. The third-order valence-electron chi connectivity index (χ3n) is 4.66. The number of para-hydroxylation sites is 1. The van der Waals surface area contributed by atoms with Gasteiger partial charge < -0.3 is 0 Å². The van der Waals surface area contributed by atoms with Crippen molar-refractivity contribution in [1.82, 2.24) is 0 Å². The van der Waals surface area contributed by atoms with E-state index in [1.165, 1.54) is 4.90 Å². The Morgan fingerprint density at radius 3 is 2.26 bits per heavy atom. The second-order valence-electron chi connectivity index (χ2n) is 5.98. The van der Waals surface area contributed by atoms with Crippen LogP contribution in [0.3, 0.4) is 0 Å². The second kappa shape index (κ2) is 5.47. The Kier molecular flexibility index (Phi) is 3.30. The van der Waals surface area contributed by atoms with E-state index in [9.17, 15) is 9.59 Å². The van der Waals surface area contributed by atoms with Crippen molar-refractivity contribution < 1.29 is 14.2 Å². The van der Waals surface area contributed by atoms with Crippen LogP contribution in [0.25, 0.3) is 5.70 Å². The summed E-state index contributed by atoms with van der Waals surface area (Å²) < 4.78 is 2.03. The lowest BCUT2D eigenvalue weighted by Crippen LogP contribution is -2.36. The van der Waals surface area contributed by atoms with Gasteiger partial charge in [-0.05, 0) is 24.6 Å². The molecule has 1 aromatic heterocycles. The molecule has 0 radical (unpaired) electrons. The van der Waals surface area contributed by atoms with E-state index in [2.05, 4.69) is 6.08 Å². The van der Waals surface area contributed by atoms with E-state index in [4.69, 9.17) is 0 Å². The summed E-state index contributed by atoms with van der Waals surface area (Å²) in [5.74, 6) is -0.626. The van der Waals surface area contributed by atoms with Crippen molar-refractivity contribution >= 4 is 23.2 Å². The quantitative estimate of drug-likeness (QED) is 0.631. The van der Waals surface area contributed by atoms with Gasteiger partial charge in [0.15, 0.2) is 18.1 Å². The van der Waals surface area contributed by atoms with Crippen molar-refractivity contribution in [2.24, 2.45) is 11.8 Å². The molecule has 2 atom stereocenters. The predicted molar refractivity (Wildman–Crippen MR) is 86.1 cm³/mol. The van der Waals surface area contributed by atoms with E-state index in [-0.39, 0.29) is 23.7 Å². The van der Waals surface area contributed by atoms with Gasteiger partial charge in [0.05, 0.1) is 17.5 Å². The number of aromatic nitrogens is 1. The Morgan fingerprint density at radius 2 is 1.52 bits per heavy atom. The highest BCUT2D eigenvalue weighted by Gasteiger charge is 2.50. The Hall–Kier alpha value is -2.75. The molecule has 4 nitrogen and oxygen atoms in total. The Morgan fingerprint density at radius 1 is 0.870 bits per heavy atom. The first kappa shape index (κ1) is 13.9. The number of nitrogens with zero attached hydrogens (tertiary/aromatic N) is 2. The number of hydrogen-bond acceptors (Lipinski definition) is 2. The fourth-order valence-corrected chi connectivity index (χ4v) is 3.48. The number of benzene rings is 1. The van der Waals surface area contributed by atoms with E-state index in [0.717, 1.165) is 5.70 Å². The summed E-state index contributed by atoms with van der Waals surface area (Å²) in [5, 5.41) is 0. The van der Waals surface area contributed by atoms with Crippen LogP contribution in [0.15, 0.2) is 67.0 Å². The predicted octanol–water partition coefficient (Wildman–Crippen LogP) is 2.41. The first-order valence-corrected chi connectivity index (χ1v) is 7.84. The third-order valence-corrected chi connectivity index (χ3v) is 4.66. The summed E-state index contributed by atoms with van der Waals surface area (Å²) >= 11 is 0. The van der Waals surface area contributed by atoms with Crippen LogP contribution in [0.2, 0.25) is 0 Å². The maximum atomic E-state index is 12.8. The Labute approximate surface area is 134 Å². The van der Waals surface area contributed by atoms with Crippen molar-refractivity contribution in [3.63, 3.8) is 0 Å². The highest BCUT2D eigenvalue weighted by molar-refractivity contribution is 6.22. The number of fused-ring (bicyclic) bond motifs is 1. The topological polar surface area (TPSA) is 41.3 Å². The standard InChI is InChI=1S/C19H17N2O2/c22-18-16-10-9-15(20-11-5-2-6-12-20)13-17(16)19(23)21(18)14-7-3-1-4-8-14/h1-9,11-12,16-17H,10,13H2/q+1. The summed E-state index contributed by atoms with van der Waals surface area (Å²) in [4.78, 5) is 26.8. The number of amides is 2. The van der Waals surface area contributed by atoms with E-state index in [1.54, 1.807) is 0 Å². The van der Waals surface area contributed by atoms with Crippen molar-refractivity contribution in [3.8, 4) is 0 Å². The molecule has 1 fully saturated rings. The van der Waals surface area contributed by atoms with Crippen molar-refractivity contribution in [2.45, 2.75) is 12.8 Å². The van der Waals surface area contributed by atoms with Crippen LogP contribution in [0.4, 0.5) is 5.69 Å². The highest BCUT2D eigenvalue weighted by Crippen LogP contribution is 2.39. The summed E-state index contributed by atoms with van der Waals surface area (Å²) in [6.07, 6.45) is 7.26. The zero-order valence-corrected chi connectivity index (χ0v) is 12.6. The van der Waals surface area contributed by atoms with Gasteiger partial charge in [0.1, 0.15) is 0 Å². The number of carbonyl (C=O) groups excluding carboxylic acids is 2. The van der Waals surface area contributed by atoms with Gasteiger partial charge in [-0.2, -0.15) is 4.57 Å². The molecule has 0 N–H and O–H groups in total. The minimum atomic E-state index is -0.254. The smallest absolute Gasteiger partial charge is 0.238 e. The number of pyridine rings is 1. The number of anilines is 1. The van der Waals surface area contributed by atoms with Gasteiger partial charge in [0.25, 0.3) is 0 Å². The molecule has 2 heterocycles. The average molecular weight is 305 g/mol. The van der Waals surface area contributed by atoms with Crippen LogP contribution in [-0.2, 0) is 9.59 Å². The first-order valence-electron chi connectivity index (χ1n) is 7.84. The number of rotatable bonds is 2. The molecule has 1 aliphatic heterocycles. The van der Waals surface area contributed by atoms with Gasteiger partial charge >= 0.3 is 0 Å². The van der Waals surface area contributed by atoms with Gasteiger partial charge in [-0.15, -0.1) is 0 Å². The van der Waals surface area contributed by atoms with Crippen LogP contribution in [-0.4, -0.2) is 11.8 Å². The molecular formula is C19H17N2O2+. The number of carbonyl (C=O) groups is 2. The molecule has 23 heavy (non-hydrogen) atoms. The Balaban J connectivity index is 1.64. The van der Waals surface area contributed by atoms with Crippen LogP contribution in [0.1, 0.15) is 12.8 Å². The molecule has 1 aromatic carbocycles. The van der Waals surface area contributed by atoms with Crippen molar-refractivity contribution in [1.29, 1.82) is 0 Å². The molecule has 1 aliphatic carbocycles. The maximum Gasteiger partial charge on any atom is 0.238 e. The SMILES string of the molecule is O=C1C2CC=C([n+]3ccccc3)CC2C(=O)N1c1ccccc1. The lowest BCUT2D eigenvalue weighted by Gasteiger charge is -2.17. The molecule has 0 saturated carbocycles. The maximum absolute atomic E-state index is 12.8. The van der Waals surface area contributed by atoms with Crippen molar-refractivity contribution in [3.05, 3.63) is 67.0 Å². The number of imide groups is 1. The fraction of sp³-hybridized carbons (Fsp3) is 0.211. The molecule has 2 aliphatic rings. The number of hydrogen-bond donors (Lipinski definition) is 0. The molecule has 2 amide bonds. The van der Waals surface area contributed by atoms with Gasteiger partial charge in [0, 0.05) is 18.6 Å². The highest BCUT2D eigenvalue weighted by atomic mass is 16.2. The molecule has 2 aromatic rings. The average Bonchev–Trinajstić information content (AvgIpc) is 2.87. The van der Waals surface area contributed by atoms with Crippen LogP contribution in [0.5, 0.6) is 0 Å². The first-order chi connectivity index (χ1) is 11.3. The summed E-state index contributed by atoms with van der Waals surface area (Å²) in [6, 6.07) is 15.1. The third kappa shape index (κ3) is 2.27. The van der Waals surface area contributed by atoms with Crippen LogP contribution < -0.4 is 9.47 Å². The summed E-state index contributed by atoms with van der Waals surface area (Å²) in [5.41, 5.74) is 1.76. The van der Waals surface area contributed by atoms with E-state index in [0.29, 0.717) is 18.5 Å². The van der Waals surface area contributed by atoms with E-state index < -0.39 is 0 Å². The van der Waals surface area contributed by atoms with Gasteiger partial charge in [-0.1, -0.05) is 24.3 Å². The summed E-state index contributed by atoms with van der Waals surface area (Å²) in [6.45, 7) is 0. The molecule has 2 unspecified atom stereocenters. The van der Waals surface area contributed by atoms with E-state index in [1.807, 2.05) is 65.5 Å². The van der Waals surface area contributed by atoms with Gasteiger partial charge in [-0.3, -0.25) is 14.5 Å². The monoisotopic (exact) mass is 305 g/mol. The molecule has 4 heteroatoms. The van der Waals surface area contributed by atoms with E-state index >= 15 is 0 Å². The zero-order valence-electron chi connectivity index (χ0n) is 12.6. The molecular weight excluding hydrogens is 288 g/mol. The second-order valence-corrected chi connectivity index (χ2v) is 5.98. The minimum absolute atomic E-state index is 0.0699. The van der Waals surface area contributed by atoms with Crippen molar-refractivity contribution in [2.75, 3.05) is 4.90 Å². The molecule has 1 saturated heterocycles. The van der Waals surface area contributed by atoms with Gasteiger partial charge in [0.2, 0.25) is 11.8 Å². The van der Waals surface area contributed by atoms with Gasteiger partial charge in [-0.25, -0.2) is 0 Å². The lowest BCUT2D eigenvalue weighted by molar-refractivity contribution is -0.584. The van der Waals surface area contributed by atoms with Crippen LogP contribution >= 0.6 is 0 Å². The Bertz CT molecular complexity index is 784. The normalized spacial score (nSPS) is 23.7. The van der Waals surface area contributed by atoms with Crippen LogP contribution in [0, 0.1) is 11.8 Å². The molecule has 114 valence electrons. The largest absolute Gasteiger partial charge is 0.274 e. The zero-order chi connectivity index (χ0) is 15.8. The molecule has 4 rings (SSSR count). The minimum Gasteiger partial charge on any atom is -0.274 e. The molecule has 0 spiro atoms. The lowest BCUT2D eigenvalue weighted by atomic mass is 9.83. The number of allylic oxidation sites excluding steroid dienone is 2.